The Morgan fingerprint density at radius 1 is 1.22 bits per heavy atom. The Balaban J connectivity index is 1.95. The lowest BCUT2D eigenvalue weighted by Crippen LogP contribution is -2.37. The van der Waals surface area contributed by atoms with Gasteiger partial charge in [0.2, 0.25) is 5.82 Å². The Morgan fingerprint density at radius 3 is 2.57 bits per heavy atom. The van der Waals surface area contributed by atoms with Gasteiger partial charge in [0.05, 0.1) is 18.1 Å². The molecular formula is C14H13BrN4O4. The number of benzene rings is 1. The van der Waals surface area contributed by atoms with E-state index in [0.29, 0.717) is 32.1 Å². The maximum absolute atomic E-state index is 11.5. The van der Waals surface area contributed by atoms with E-state index in [0.717, 1.165) is 4.47 Å². The molecule has 1 aliphatic heterocycles. The molecule has 8 nitrogen and oxygen atoms in total. The second-order valence-electron chi connectivity index (χ2n) is 4.76. The lowest BCUT2D eigenvalue weighted by molar-refractivity contribution is -0.385. The standard InChI is InChI=1S/C14H13BrN4O4/c15-10-1-3-11(4-2-10)23-14-12(19(20)21)13(16-9-17-14)18-5-7-22-8-6-18/h1-4,9H,5-8H2. The molecule has 0 spiro atoms. The lowest BCUT2D eigenvalue weighted by atomic mass is 10.3. The van der Waals surface area contributed by atoms with Gasteiger partial charge >= 0.3 is 11.6 Å². The molecule has 2 aromatic rings. The minimum absolute atomic E-state index is 0.0752. The van der Waals surface area contributed by atoms with Crippen LogP contribution in [-0.2, 0) is 4.74 Å². The molecule has 1 saturated heterocycles. The van der Waals surface area contributed by atoms with E-state index in [-0.39, 0.29) is 17.4 Å². The first-order chi connectivity index (χ1) is 11.1. The molecule has 0 aliphatic carbocycles. The fourth-order valence-electron chi connectivity index (χ4n) is 2.21. The molecule has 0 bridgehead atoms. The number of anilines is 1. The van der Waals surface area contributed by atoms with Gasteiger partial charge in [0.1, 0.15) is 12.1 Å². The highest BCUT2D eigenvalue weighted by Gasteiger charge is 2.29. The summed E-state index contributed by atoms with van der Waals surface area (Å²) in [7, 11) is 0. The zero-order chi connectivity index (χ0) is 16.2. The molecule has 0 unspecified atom stereocenters. The topological polar surface area (TPSA) is 90.6 Å². The number of ether oxygens (including phenoxy) is 2. The highest BCUT2D eigenvalue weighted by Crippen LogP contribution is 2.36. The van der Waals surface area contributed by atoms with Gasteiger partial charge in [-0.15, -0.1) is 0 Å². The third-order valence-electron chi connectivity index (χ3n) is 3.29. The summed E-state index contributed by atoms with van der Waals surface area (Å²) in [5, 5.41) is 11.5. The van der Waals surface area contributed by atoms with Crippen molar-refractivity contribution < 1.29 is 14.4 Å². The van der Waals surface area contributed by atoms with Gasteiger partial charge in [-0.3, -0.25) is 10.1 Å². The molecule has 1 aromatic carbocycles. The molecule has 9 heteroatoms. The molecule has 120 valence electrons. The summed E-state index contributed by atoms with van der Waals surface area (Å²) < 4.78 is 11.7. The Morgan fingerprint density at radius 2 is 1.91 bits per heavy atom. The largest absolute Gasteiger partial charge is 0.434 e. The minimum atomic E-state index is -0.515. The van der Waals surface area contributed by atoms with Crippen LogP contribution in [0.3, 0.4) is 0 Å². The second-order valence-corrected chi connectivity index (χ2v) is 5.68. The van der Waals surface area contributed by atoms with Gasteiger partial charge in [-0.25, -0.2) is 4.98 Å². The third-order valence-corrected chi connectivity index (χ3v) is 3.82. The molecular weight excluding hydrogens is 368 g/mol. The van der Waals surface area contributed by atoms with Crippen molar-refractivity contribution in [3.63, 3.8) is 0 Å². The van der Waals surface area contributed by atoms with Crippen molar-refractivity contribution in [2.75, 3.05) is 31.2 Å². The molecule has 2 heterocycles. The van der Waals surface area contributed by atoms with E-state index >= 15 is 0 Å². The zero-order valence-corrected chi connectivity index (χ0v) is 13.6. The smallest absolute Gasteiger partial charge is 0.373 e. The van der Waals surface area contributed by atoms with Gasteiger partial charge < -0.3 is 14.4 Å². The summed E-state index contributed by atoms with van der Waals surface area (Å²) in [4.78, 5) is 20.8. The van der Waals surface area contributed by atoms with Gasteiger partial charge in [0, 0.05) is 17.6 Å². The van der Waals surface area contributed by atoms with E-state index in [4.69, 9.17) is 9.47 Å². The van der Waals surface area contributed by atoms with Gasteiger partial charge in [0.15, 0.2) is 0 Å². The number of nitrogens with zero attached hydrogens (tertiary/aromatic N) is 4. The Bertz CT molecular complexity index is 704. The Labute approximate surface area is 140 Å². The number of nitro groups is 1. The van der Waals surface area contributed by atoms with E-state index in [1.807, 2.05) is 0 Å². The molecule has 1 aliphatic rings. The average molecular weight is 381 g/mol. The normalized spacial score (nSPS) is 14.6. The molecule has 1 fully saturated rings. The van der Waals surface area contributed by atoms with E-state index < -0.39 is 4.92 Å². The molecule has 0 atom stereocenters. The number of aromatic nitrogens is 2. The van der Waals surface area contributed by atoms with Crippen molar-refractivity contribution in [2.45, 2.75) is 0 Å². The summed E-state index contributed by atoms with van der Waals surface area (Å²) in [6.45, 7) is 2.08. The van der Waals surface area contributed by atoms with E-state index in [1.165, 1.54) is 6.33 Å². The highest BCUT2D eigenvalue weighted by atomic mass is 79.9. The number of hydrogen-bond donors (Lipinski definition) is 0. The summed E-state index contributed by atoms with van der Waals surface area (Å²) >= 11 is 3.32. The first kappa shape index (κ1) is 15.6. The van der Waals surface area contributed by atoms with Crippen molar-refractivity contribution in [1.29, 1.82) is 0 Å². The summed E-state index contributed by atoms with van der Waals surface area (Å²) in [5.41, 5.74) is -0.239. The van der Waals surface area contributed by atoms with E-state index in [9.17, 15) is 10.1 Å². The van der Waals surface area contributed by atoms with Crippen molar-refractivity contribution >= 4 is 27.4 Å². The third kappa shape index (κ3) is 3.57. The van der Waals surface area contributed by atoms with Crippen LogP contribution >= 0.6 is 15.9 Å². The predicted molar refractivity (Wildman–Crippen MR) is 85.9 cm³/mol. The summed E-state index contributed by atoms with van der Waals surface area (Å²) in [6.07, 6.45) is 1.27. The number of hydrogen-bond acceptors (Lipinski definition) is 7. The second kappa shape index (κ2) is 6.88. The maximum Gasteiger partial charge on any atom is 0.373 e. The molecule has 23 heavy (non-hydrogen) atoms. The van der Waals surface area contributed by atoms with E-state index in [2.05, 4.69) is 25.9 Å². The van der Waals surface area contributed by atoms with Crippen LogP contribution in [0.25, 0.3) is 0 Å². The highest BCUT2D eigenvalue weighted by molar-refractivity contribution is 9.10. The van der Waals surface area contributed by atoms with Crippen LogP contribution in [0.4, 0.5) is 11.5 Å². The summed E-state index contributed by atoms with van der Waals surface area (Å²) in [6, 6.07) is 6.96. The van der Waals surface area contributed by atoms with Crippen molar-refractivity contribution in [3.05, 3.63) is 45.2 Å². The number of rotatable bonds is 4. The fourth-order valence-corrected chi connectivity index (χ4v) is 2.47. The van der Waals surface area contributed by atoms with Crippen molar-refractivity contribution in [2.24, 2.45) is 0 Å². The van der Waals surface area contributed by atoms with Crippen LogP contribution in [0.15, 0.2) is 35.1 Å². The van der Waals surface area contributed by atoms with Crippen LogP contribution in [-0.4, -0.2) is 41.2 Å². The van der Waals surface area contributed by atoms with Crippen LogP contribution < -0.4 is 9.64 Å². The fraction of sp³-hybridized carbons (Fsp3) is 0.286. The Kier molecular flexibility index (Phi) is 4.68. The minimum Gasteiger partial charge on any atom is -0.434 e. The number of morpholine rings is 1. The quantitative estimate of drug-likeness (QED) is 0.594. The van der Waals surface area contributed by atoms with Crippen molar-refractivity contribution in [3.8, 4) is 11.6 Å². The maximum atomic E-state index is 11.5. The summed E-state index contributed by atoms with van der Waals surface area (Å²) in [5.74, 6) is 0.636. The molecule has 0 amide bonds. The monoisotopic (exact) mass is 380 g/mol. The number of halogens is 1. The Hall–Kier alpha value is -2.26. The SMILES string of the molecule is O=[N+]([O-])c1c(Oc2ccc(Br)cc2)ncnc1N1CCOCC1. The van der Waals surface area contributed by atoms with Crippen molar-refractivity contribution in [1.82, 2.24) is 9.97 Å². The molecule has 0 radical (unpaired) electrons. The predicted octanol–water partition coefficient (Wildman–Crippen LogP) is 2.78. The van der Waals surface area contributed by atoms with Gasteiger partial charge in [0.25, 0.3) is 0 Å². The molecule has 1 aromatic heterocycles. The average Bonchev–Trinajstić information content (AvgIpc) is 2.57. The van der Waals surface area contributed by atoms with Crippen LogP contribution in [0.1, 0.15) is 0 Å². The molecule has 3 rings (SSSR count). The van der Waals surface area contributed by atoms with Gasteiger partial charge in [-0.2, -0.15) is 4.98 Å². The van der Waals surface area contributed by atoms with Gasteiger partial charge in [-0.05, 0) is 24.3 Å². The first-order valence-electron chi connectivity index (χ1n) is 6.90. The van der Waals surface area contributed by atoms with Gasteiger partial charge in [-0.1, -0.05) is 15.9 Å². The zero-order valence-electron chi connectivity index (χ0n) is 12.0. The first-order valence-corrected chi connectivity index (χ1v) is 7.70. The van der Waals surface area contributed by atoms with Crippen LogP contribution in [0.5, 0.6) is 11.6 Å². The van der Waals surface area contributed by atoms with E-state index in [1.54, 1.807) is 29.2 Å². The van der Waals surface area contributed by atoms with Crippen LogP contribution in [0.2, 0.25) is 0 Å². The lowest BCUT2D eigenvalue weighted by Gasteiger charge is -2.27. The molecule has 0 saturated carbocycles. The molecule has 0 N–H and O–H groups in total. The van der Waals surface area contributed by atoms with Crippen LogP contribution in [0, 0.1) is 10.1 Å².